The molecular formula is C13H27NO3. The van der Waals surface area contributed by atoms with Crippen molar-refractivity contribution in [3.63, 3.8) is 0 Å². The Kier molecular flexibility index (Phi) is 11.1. The summed E-state index contributed by atoms with van der Waals surface area (Å²) >= 11 is 0. The highest BCUT2D eigenvalue weighted by atomic mass is 16.9. The van der Waals surface area contributed by atoms with E-state index >= 15 is 0 Å². The van der Waals surface area contributed by atoms with Crippen molar-refractivity contribution in [1.82, 2.24) is 0 Å². The maximum absolute atomic E-state index is 9.87. The summed E-state index contributed by atoms with van der Waals surface area (Å²) < 4.78 is 0. The Hall–Kier alpha value is -0.800. The SMILES string of the molecule is CC(C)CCCCCCCCCCO[N+](=O)[O-]. The molecule has 0 saturated carbocycles. The van der Waals surface area contributed by atoms with Gasteiger partial charge < -0.3 is 4.84 Å². The molecule has 17 heavy (non-hydrogen) atoms. The van der Waals surface area contributed by atoms with Crippen LogP contribution in [0.5, 0.6) is 0 Å². The molecule has 0 aromatic heterocycles. The molecule has 4 nitrogen and oxygen atoms in total. The van der Waals surface area contributed by atoms with E-state index in [9.17, 15) is 10.1 Å². The van der Waals surface area contributed by atoms with Gasteiger partial charge in [0.1, 0.15) is 0 Å². The summed E-state index contributed by atoms with van der Waals surface area (Å²) in [6, 6.07) is 0. The topological polar surface area (TPSA) is 52.4 Å². The highest BCUT2D eigenvalue weighted by molar-refractivity contribution is 4.49. The third-order valence-corrected chi connectivity index (χ3v) is 2.87. The van der Waals surface area contributed by atoms with Crippen LogP contribution in [0.2, 0.25) is 0 Å². The Morgan fingerprint density at radius 3 is 1.88 bits per heavy atom. The smallest absolute Gasteiger partial charge is 0.294 e. The fraction of sp³-hybridized carbons (Fsp3) is 1.00. The summed E-state index contributed by atoms with van der Waals surface area (Å²) in [6.07, 6.45) is 10.9. The Bertz CT molecular complexity index is 184. The van der Waals surface area contributed by atoms with E-state index in [-0.39, 0.29) is 6.61 Å². The Labute approximate surface area is 105 Å². The lowest BCUT2D eigenvalue weighted by atomic mass is 10.0. The molecule has 0 heterocycles. The van der Waals surface area contributed by atoms with Gasteiger partial charge in [-0.25, -0.2) is 0 Å². The second-order valence-electron chi connectivity index (χ2n) is 5.07. The minimum atomic E-state index is -0.714. The summed E-state index contributed by atoms with van der Waals surface area (Å²) in [5, 5.41) is 9.15. The zero-order valence-corrected chi connectivity index (χ0v) is 11.3. The van der Waals surface area contributed by atoms with Crippen LogP contribution in [0.15, 0.2) is 0 Å². The Balaban J connectivity index is 2.96. The standard InChI is InChI=1S/C13H27NO3/c1-13(2)11-9-7-5-3-4-6-8-10-12-17-14(15)16/h13H,3-12H2,1-2H3. The summed E-state index contributed by atoms with van der Waals surface area (Å²) in [4.78, 5) is 14.1. The molecular weight excluding hydrogens is 218 g/mol. The molecule has 0 aromatic carbocycles. The van der Waals surface area contributed by atoms with E-state index < -0.39 is 5.09 Å². The van der Waals surface area contributed by atoms with Crippen LogP contribution in [-0.4, -0.2) is 11.7 Å². The van der Waals surface area contributed by atoms with Crippen LogP contribution >= 0.6 is 0 Å². The molecule has 0 aliphatic heterocycles. The van der Waals surface area contributed by atoms with E-state index in [2.05, 4.69) is 18.7 Å². The minimum Gasteiger partial charge on any atom is -0.314 e. The minimum absolute atomic E-state index is 0.251. The van der Waals surface area contributed by atoms with E-state index in [0.717, 1.165) is 18.8 Å². The maximum Gasteiger partial charge on any atom is 0.294 e. The van der Waals surface area contributed by atoms with Crippen LogP contribution in [0.3, 0.4) is 0 Å². The number of rotatable bonds is 12. The maximum atomic E-state index is 9.87. The van der Waals surface area contributed by atoms with Gasteiger partial charge in [0.25, 0.3) is 5.09 Å². The molecule has 102 valence electrons. The van der Waals surface area contributed by atoms with Crippen LogP contribution in [-0.2, 0) is 4.84 Å². The van der Waals surface area contributed by atoms with Crippen molar-refractivity contribution >= 4 is 0 Å². The van der Waals surface area contributed by atoms with Gasteiger partial charge in [0.2, 0.25) is 0 Å². The molecule has 0 rings (SSSR count). The van der Waals surface area contributed by atoms with Gasteiger partial charge in [0, 0.05) is 0 Å². The lowest BCUT2D eigenvalue weighted by molar-refractivity contribution is -0.757. The van der Waals surface area contributed by atoms with Gasteiger partial charge in [-0.05, 0) is 12.3 Å². The van der Waals surface area contributed by atoms with Crippen molar-refractivity contribution in [1.29, 1.82) is 0 Å². The average molecular weight is 245 g/mol. The first-order chi connectivity index (χ1) is 8.13. The molecule has 0 N–H and O–H groups in total. The second kappa shape index (κ2) is 11.7. The molecule has 0 unspecified atom stereocenters. The van der Waals surface area contributed by atoms with Gasteiger partial charge in [-0.1, -0.05) is 65.2 Å². The largest absolute Gasteiger partial charge is 0.314 e. The van der Waals surface area contributed by atoms with E-state index in [1.807, 2.05) is 0 Å². The summed E-state index contributed by atoms with van der Waals surface area (Å²) in [5.41, 5.74) is 0. The van der Waals surface area contributed by atoms with Crippen LogP contribution < -0.4 is 0 Å². The second-order valence-corrected chi connectivity index (χ2v) is 5.07. The highest BCUT2D eigenvalue weighted by Crippen LogP contribution is 2.12. The summed E-state index contributed by atoms with van der Waals surface area (Å²) in [7, 11) is 0. The van der Waals surface area contributed by atoms with E-state index in [0.29, 0.717) is 0 Å². The third-order valence-electron chi connectivity index (χ3n) is 2.87. The Morgan fingerprint density at radius 2 is 1.41 bits per heavy atom. The first-order valence-electron chi connectivity index (χ1n) is 6.90. The normalized spacial score (nSPS) is 10.8. The van der Waals surface area contributed by atoms with Gasteiger partial charge in [0.15, 0.2) is 0 Å². The van der Waals surface area contributed by atoms with Crippen molar-refractivity contribution in [3.8, 4) is 0 Å². The number of hydrogen-bond acceptors (Lipinski definition) is 3. The molecule has 0 aliphatic rings. The average Bonchev–Trinajstić information content (AvgIpc) is 2.25. The number of unbranched alkanes of at least 4 members (excludes halogenated alkanes) is 7. The zero-order valence-electron chi connectivity index (χ0n) is 11.3. The van der Waals surface area contributed by atoms with Crippen molar-refractivity contribution < 1.29 is 9.92 Å². The van der Waals surface area contributed by atoms with E-state index in [1.165, 1.54) is 44.9 Å². The highest BCUT2D eigenvalue weighted by Gasteiger charge is 1.96. The van der Waals surface area contributed by atoms with Crippen molar-refractivity contribution in [2.45, 2.75) is 71.6 Å². The van der Waals surface area contributed by atoms with Crippen molar-refractivity contribution in [3.05, 3.63) is 10.1 Å². The first-order valence-corrected chi connectivity index (χ1v) is 6.90. The predicted molar refractivity (Wildman–Crippen MR) is 69.3 cm³/mol. The van der Waals surface area contributed by atoms with Gasteiger partial charge in [-0.3, -0.25) is 0 Å². The van der Waals surface area contributed by atoms with Gasteiger partial charge >= 0.3 is 0 Å². The van der Waals surface area contributed by atoms with Crippen LogP contribution in [0.4, 0.5) is 0 Å². The Morgan fingerprint density at radius 1 is 0.941 bits per heavy atom. The molecule has 0 atom stereocenters. The molecule has 0 bridgehead atoms. The van der Waals surface area contributed by atoms with E-state index in [4.69, 9.17) is 0 Å². The molecule has 0 spiro atoms. The molecule has 0 fully saturated rings. The molecule has 0 aliphatic carbocycles. The fourth-order valence-corrected chi connectivity index (χ4v) is 1.85. The van der Waals surface area contributed by atoms with Gasteiger partial charge in [-0.15, -0.1) is 10.1 Å². The molecule has 0 saturated heterocycles. The number of nitrogens with zero attached hydrogens (tertiary/aromatic N) is 1. The first kappa shape index (κ1) is 16.2. The monoisotopic (exact) mass is 245 g/mol. The lowest BCUT2D eigenvalue weighted by Crippen LogP contribution is -2.01. The summed E-state index contributed by atoms with van der Waals surface area (Å²) in [6.45, 7) is 4.79. The van der Waals surface area contributed by atoms with Crippen LogP contribution in [0.1, 0.15) is 71.6 Å². The van der Waals surface area contributed by atoms with E-state index in [1.54, 1.807) is 0 Å². The number of hydrogen-bond donors (Lipinski definition) is 0. The van der Waals surface area contributed by atoms with Crippen molar-refractivity contribution in [2.75, 3.05) is 6.61 Å². The van der Waals surface area contributed by atoms with Gasteiger partial charge in [0.05, 0.1) is 6.61 Å². The quantitative estimate of drug-likeness (QED) is 0.291. The lowest BCUT2D eigenvalue weighted by Gasteiger charge is -2.04. The van der Waals surface area contributed by atoms with Gasteiger partial charge in [-0.2, -0.15) is 0 Å². The molecule has 4 heteroatoms. The predicted octanol–water partition coefficient (Wildman–Crippen LogP) is 4.36. The van der Waals surface area contributed by atoms with Crippen molar-refractivity contribution in [2.24, 2.45) is 5.92 Å². The summed E-state index contributed by atoms with van der Waals surface area (Å²) in [5.74, 6) is 0.830. The van der Waals surface area contributed by atoms with Crippen LogP contribution in [0, 0.1) is 16.0 Å². The zero-order chi connectivity index (χ0) is 12.9. The third kappa shape index (κ3) is 15.2. The fourth-order valence-electron chi connectivity index (χ4n) is 1.85. The van der Waals surface area contributed by atoms with Crippen LogP contribution in [0.25, 0.3) is 0 Å². The molecule has 0 amide bonds. The molecule has 0 aromatic rings. The molecule has 0 radical (unpaired) electrons.